The fourth-order valence-electron chi connectivity index (χ4n) is 3.74. The van der Waals surface area contributed by atoms with E-state index in [4.69, 9.17) is 28.4 Å². The Kier molecular flexibility index (Phi) is 14.9. The predicted octanol–water partition coefficient (Wildman–Crippen LogP) is 6.98. The number of ether oxygens (including phenoxy) is 6. The number of methoxy groups -OCH3 is 4. The van der Waals surface area contributed by atoms with Crippen LogP contribution in [0, 0.1) is 6.92 Å². The fourth-order valence-corrected chi connectivity index (χ4v) is 3.74. The van der Waals surface area contributed by atoms with E-state index < -0.39 is 0 Å². The minimum atomic E-state index is 0.0870. The van der Waals surface area contributed by atoms with Gasteiger partial charge in [-0.3, -0.25) is 0 Å². The van der Waals surface area contributed by atoms with Gasteiger partial charge in [0.05, 0.1) is 34.5 Å². The zero-order chi connectivity index (χ0) is 26.2. The van der Waals surface area contributed by atoms with E-state index in [9.17, 15) is 0 Å². The lowest BCUT2D eigenvalue weighted by Gasteiger charge is -2.22. The number of rotatable bonds is 17. The summed E-state index contributed by atoms with van der Waals surface area (Å²) >= 11 is 0. The Labute approximate surface area is 212 Å². The lowest BCUT2D eigenvalue weighted by Crippen LogP contribution is -2.11. The molecule has 0 atom stereocenters. The number of benzene rings is 1. The Balaban J connectivity index is 3.02. The Morgan fingerprint density at radius 3 is 1.83 bits per heavy atom. The molecule has 0 fully saturated rings. The van der Waals surface area contributed by atoms with E-state index in [2.05, 4.69) is 45.9 Å². The summed E-state index contributed by atoms with van der Waals surface area (Å²) < 4.78 is 33.5. The smallest absolute Gasteiger partial charge is 0.207 e. The molecule has 0 radical (unpaired) electrons. The molecule has 6 nitrogen and oxygen atoms in total. The molecular formula is C29H46O6. The van der Waals surface area contributed by atoms with Crippen molar-refractivity contribution in [3.8, 4) is 23.0 Å². The van der Waals surface area contributed by atoms with Crippen LogP contribution in [-0.4, -0.2) is 48.4 Å². The normalized spacial score (nSPS) is 11.9. The molecule has 0 aliphatic carbocycles. The van der Waals surface area contributed by atoms with Crippen LogP contribution in [-0.2, 0) is 15.9 Å². The van der Waals surface area contributed by atoms with Gasteiger partial charge >= 0.3 is 0 Å². The SMILES string of the molecule is COCCOCOc1c(C)c(C/C=C(\C)CC/C=C(\C)CCC=C(C)C)c(OC)c(OC)c1OC. The summed E-state index contributed by atoms with van der Waals surface area (Å²) in [6.45, 7) is 11.7. The third-order valence-electron chi connectivity index (χ3n) is 5.79. The molecule has 198 valence electrons. The van der Waals surface area contributed by atoms with Gasteiger partial charge in [0.2, 0.25) is 11.5 Å². The molecule has 0 aliphatic heterocycles. The van der Waals surface area contributed by atoms with Crippen LogP contribution in [0.5, 0.6) is 23.0 Å². The second-order valence-electron chi connectivity index (χ2n) is 8.86. The summed E-state index contributed by atoms with van der Waals surface area (Å²) in [4.78, 5) is 0. The molecule has 0 saturated carbocycles. The number of hydrogen-bond acceptors (Lipinski definition) is 6. The predicted molar refractivity (Wildman–Crippen MR) is 143 cm³/mol. The summed E-state index contributed by atoms with van der Waals surface area (Å²) in [5.74, 6) is 2.27. The van der Waals surface area contributed by atoms with Crippen molar-refractivity contribution in [2.75, 3.05) is 48.4 Å². The molecule has 0 unspecified atom stereocenters. The third-order valence-corrected chi connectivity index (χ3v) is 5.79. The molecule has 0 N–H and O–H groups in total. The van der Waals surface area contributed by atoms with Crippen LogP contribution in [0.2, 0.25) is 0 Å². The summed E-state index contributed by atoms with van der Waals surface area (Å²) in [6, 6.07) is 0. The van der Waals surface area contributed by atoms with Crippen LogP contribution in [0.4, 0.5) is 0 Å². The van der Waals surface area contributed by atoms with E-state index >= 15 is 0 Å². The van der Waals surface area contributed by atoms with Gasteiger partial charge in [0.15, 0.2) is 18.3 Å². The van der Waals surface area contributed by atoms with Gasteiger partial charge in [-0.15, -0.1) is 0 Å². The van der Waals surface area contributed by atoms with Crippen molar-refractivity contribution in [3.63, 3.8) is 0 Å². The first-order valence-corrected chi connectivity index (χ1v) is 12.3. The van der Waals surface area contributed by atoms with Crippen LogP contribution >= 0.6 is 0 Å². The van der Waals surface area contributed by atoms with Crippen molar-refractivity contribution < 1.29 is 28.4 Å². The first kappa shape index (κ1) is 30.6. The largest absolute Gasteiger partial charge is 0.492 e. The van der Waals surface area contributed by atoms with Crippen molar-refractivity contribution in [3.05, 3.63) is 46.1 Å². The van der Waals surface area contributed by atoms with Gasteiger partial charge < -0.3 is 28.4 Å². The highest BCUT2D eigenvalue weighted by Gasteiger charge is 2.25. The Morgan fingerprint density at radius 1 is 0.686 bits per heavy atom. The summed E-state index contributed by atoms with van der Waals surface area (Å²) in [7, 11) is 6.48. The van der Waals surface area contributed by atoms with E-state index in [1.807, 2.05) is 6.92 Å². The Morgan fingerprint density at radius 2 is 1.26 bits per heavy atom. The fraction of sp³-hybridized carbons (Fsp3) is 0.586. The molecule has 0 heterocycles. The molecule has 0 bridgehead atoms. The van der Waals surface area contributed by atoms with Crippen molar-refractivity contribution in [2.24, 2.45) is 0 Å². The molecule has 1 aromatic rings. The Bertz CT molecular complexity index is 863. The van der Waals surface area contributed by atoms with Gasteiger partial charge in [0, 0.05) is 18.2 Å². The van der Waals surface area contributed by atoms with Crippen LogP contribution < -0.4 is 18.9 Å². The van der Waals surface area contributed by atoms with Gasteiger partial charge in [-0.05, 0) is 66.7 Å². The first-order chi connectivity index (χ1) is 16.8. The van der Waals surface area contributed by atoms with E-state index in [1.165, 1.54) is 16.7 Å². The minimum Gasteiger partial charge on any atom is -0.492 e. The highest BCUT2D eigenvalue weighted by molar-refractivity contribution is 5.67. The highest BCUT2D eigenvalue weighted by Crippen LogP contribution is 2.49. The van der Waals surface area contributed by atoms with Crippen molar-refractivity contribution in [1.29, 1.82) is 0 Å². The van der Waals surface area contributed by atoms with E-state index in [0.717, 1.165) is 36.8 Å². The van der Waals surface area contributed by atoms with Crippen molar-refractivity contribution in [1.82, 2.24) is 0 Å². The average Bonchev–Trinajstić information content (AvgIpc) is 2.82. The summed E-state index contributed by atoms with van der Waals surface area (Å²) in [5.41, 5.74) is 6.10. The van der Waals surface area contributed by atoms with Crippen LogP contribution in [0.1, 0.15) is 64.5 Å². The topological polar surface area (TPSA) is 55.4 Å². The standard InChI is InChI=1S/C29H46O6/c1-21(2)12-10-13-22(3)14-11-15-23(4)16-17-25-24(5)26(35-20-34-19-18-30-6)28(32-8)29(33-9)27(25)31-7/h12,14,16H,10-11,13,15,17-20H2,1-9H3/b22-14+,23-16+. The van der Waals surface area contributed by atoms with Gasteiger partial charge in [-0.25, -0.2) is 0 Å². The maximum Gasteiger partial charge on any atom is 0.207 e. The van der Waals surface area contributed by atoms with E-state index in [0.29, 0.717) is 42.6 Å². The second kappa shape index (κ2) is 17.1. The van der Waals surface area contributed by atoms with Crippen LogP contribution in [0.25, 0.3) is 0 Å². The lowest BCUT2D eigenvalue weighted by atomic mass is 9.99. The molecule has 0 saturated heterocycles. The van der Waals surface area contributed by atoms with Gasteiger partial charge in [-0.1, -0.05) is 34.9 Å². The molecule has 1 rings (SSSR count). The highest BCUT2D eigenvalue weighted by atomic mass is 16.7. The molecular weight excluding hydrogens is 444 g/mol. The van der Waals surface area contributed by atoms with Crippen LogP contribution in [0.15, 0.2) is 34.9 Å². The number of hydrogen-bond donors (Lipinski definition) is 0. The van der Waals surface area contributed by atoms with Crippen LogP contribution in [0.3, 0.4) is 0 Å². The summed E-state index contributed by atoms with van der Waals surface area (Å²) in [5, 5.41) is 0. The number of allylic oxidation sites excluding steroid dienone is 6. The van der Waals surface area contributed by atoms with Gasteiger partial charge in [0.1, 0.15) is 0 Å². The van der Waals surface area contributed by atoms with Crippen molar-refractivity contribution in [2.45, 2.75) is 66.7 Å². The molecule has 0 amide bonds. The van der Waals surface area contributed by atoms with E-state index in [-0.39, 0.29) is 6.79 Å². The molecule has 0 spiro atoms. The molecule has 0 aromatic heterocycles. The monoisotopic (exact) mass is 490 g/mol. The minimum absolute atomic E-state index is 0.0870. The molecule has 0 aliphatic rings. The zero-order valence-electron chi connectivity index (χ0n) is 23.3. The molecule has 35 heavy (non-hydrogen) atoms. The molecule has 6 heteroatoms. The lowest BCUT2D eigenvalue weighted by molar-refractivity contribution is -0.00994. The van der Waals surface area contributed by atoms with E-state index in [1.54, 1.807) is 28.4 Å². The van der Waals surface area contributed by atoms with Gasteiger partial charge in [-0.2, -0.15) is 0 Å². The quantitative estimate of drug-likeness (QED) is 0.133. The van der Waals surface area contributed by atoms with Gasteiger partial charge in [0.25, 0.3) is 0 Å². The summed E-state index contributed by atoms with van der Waals surface area (Å²) in [6.07, 6.45) is 11.9. The second-order valence-corrected chi connectivity index (χ2v) is 8.86. The average molecular weight is 491 g/mol. The maximum absolute atomic E-state index is 5.96. The third kappa shape index (κ3) is 10.4. The molecule has 1 aromatic carbocycles. The zero-order valence-corrected chi connectivity index (χ0v) is 23.3. The Hall–Kier alpha value is -2.44. The first-order valence-electron chi connectivity index (χ1n) is 12.3. The maximum atomic E-state index is 5.96. The van der Waals surface area contributed by atoms with Crippen molar-refractivity contribution >= 4 is 0 Å².